The molecule has 1 heterocycles. The summed E-state index contributed by atoms with van der Waals surface area (Å²) in [7, 11) is 1.39. The van der Waals surface area contributed by atoms with Crippen molar-refractivity contribution in [3.05, 3.63) is 35.0 Å². The van der Waals surface area contributed by atoms with Crippen LogP contribution in [0.1, 0.15) is 21.5 Å². The molecule has 3 nitrogen and oxygen atoms in total. The summed E-state index contributed by atoms with van der Waals surface area (Å²) in [6.45, 7) is 4.03. The third kappa shape index (κ3) is 1.50. The highest BCUT2D eigenvalue weighted by molar-refractivity contribution is 6.05. The van der Waals surface area contributed by atoms with E-state index in [0.29, 0.717) is 5.56 Å². The predicted octanol–water partition coefficient (Wildman–Crippen LogP) is 2.57. The first-order chi connectivity index (χ1) is 7.13. The van der Waals surface area contributed by atoms with Crippen molar-refractivity contribution >= 4 is 16.9 Å². The Hall–Kier alpha value is -1.77. The molecule has 0 saturated heterocycles. The smallest absolute Gasteiger partial charge is 0.340 e. The van der Waals surface area contributed by atoms with Crippen molar-refractivity contribution < 1.29 is 9.53 Å². The predicted molar refractivity (Wildman–Crippen MR) is 59.1 cm³/mol. The van der Waals surface area contributed by atoms with E-state index in [1.165, 1.54) is 12.7 Å². The number of aromatic amines is 1. The zero-order chi connectivity index (χ0) is 11.0. The summed E-state index contributed by atoms with van der Waals surface area (Å²) in [6, 6.07) is 4.08. The molecular formula is C12H13NO2. The molecule has 0 saturated carbocycles. The molecule has 2 rings (SSSR count). The van der Waals surface area contributed by atoms with E-state index in [2.05, 4.69) is 11.1 Å². The summed E-state index contributed by atoms with van der Waals surface area (Å²) >= 11 is 0. The third-order valence-electron chi connectivity index (χ3n) is 2.53. The molecule has 0 aliphatic heterocycles. The molecule has 0 fully saturated rings. The van der Waals surface area contributed by atoms with Gasteiger partial charge in [0.15, 0.2) is 0 Å². The lowest BCUT2D eigenvalue weighted by atomic mass is 10.0. The van der Waals surface area contributed by atoms with Crippen LogP contribution in [0.5, 0.6) is 0 Å². The van der Waals surface area contributed by atoms with Crippen molar-refractivity contribution in [2.24, 2.45) is 0 Å². The van der Waals surface area contributed by atoms with E-state index in [1.807, 2.05) is 19.9 Å². The minimum Gasteiger partial charge on any atom is -0.465 e. The molecule has 0 spiro atoms. The number of fused-ring (bicyclic) bond motifs is 1. The second kappa shape index (κ2) is 3.42. The fraction of sp³-hybridized carbons (Fsp3) is 0.250. The monoisotopic (exact) mass is 203 g/mol. The average Bonchev–Trinajstić information content (AvgIpc) is 2.60. The lowest BCUT2D eigenvalue weighted by Gasteiger charge is -2.01. The number of nitrogens with one attached hydrogen (secondary N) is 1. The van der Waals surface area contributed by atoms with Gasteiger partial charge < -0.3 is 9.72 Å². The SMILES string of the molecule is COC(=O)c1c[nH]c2cc(C)cc(C)c12. The Morgan fingerprint density at radius 2 is 2.07 bits per heavy atom. The van der Waals surface area contributed by atoms with Gasteiger partial charge in [0.05, 0.1) is 12.7 Å². The number of rotatable bonds is 1. The molecule has 0 unspecified atom stereocenters. The van der Waals surface area contributed by atoms with E-state index in [1.54, 1.807) is 6.20 Å². The molecule has 1 aromatic carbocycles. The lowest BCUT2D eigenvalue weighted by Crippen LogP contribution is -2.00. The fourth-order valence-electron chi connectivity index (χ4n) is 1.93. The van der Waals surface area contributed by atoms with Crippen LogP contribution in [-0.2, 0) is 4.74 Å². The molecule has 0 amide bonds. The van der Waals surface area contributed by atoms with Crippen LogP contribution in [0.15, 0.2) is 18.3 Å². The zero-order valence-electron chi connectivity index (χ0n) is 9.05. The van der Waals surface area contributed by atoms with Gasteiger partial charge >= 0.3 is 5.97 Å². The van der Waals surface area contributed by atoms with Crippen molar-refractivity contribution in [2.45, 2.75) is 13.8 Å². The van der Waals surface area contributed by atoms with Crippen LogP contribution >= 0.6 is 0 Å². The Balaban J connectivity index is 2.74. The van der Waals surface area contributed by atoms with Crippen LogP contribution in [0.25, 0.3) is 10.9 Å². The molecular weight excluding hydrogens is 190 g/mol. The minimum atomic E-state index is -0.298. The second-order valence-corrected chi connectivity index (χ2v) is 3.70. The molecule has 2 aromatic rings. The molecule has 0 radical (unpaired) electrons. The third-order valence-corrected chi connectivity index (χ3v) is 2.53. The van der Waals surface area contributed by atoms with Gasteiger partial charge in [0.25, 0.3) is 0 Å². The Labute approximate surface area is 88.1 Å². The highest BCUT2D eigenvalue weighted by atomic mass is 16.5. The number of aryl methyl sites for hydroxylation is 2. The van der Waals surface area contributed by atoms with Crippen molar-refractivity contribution in [1.29, 1.82) is 0 Å². The first kappa shape index (κ1) is 9.77. The van der Waals surface area contributed by atoms with E-state index in [4.69, 9.17) is 4.74 Å². The quantitative estimate of drug-likeness (QED) is 0.724. The van der Waals surface area contributed by atoms with Gasteiger partial charge in [0.1, 0.15) is 0 Å². The Morgan fingerprint density at radius 1 is 1.33 bits per heavy atom. The fourth-order valence-corrected chi connectivity index (χ4v) is 1.93. The summed E-state index contributed by atoms with van der Waals surface area (Å²) in [5.74, 6) is -0.298. The van der Waals surface area contributed by atoms with Gasteiger partial charge in [-0.05, 0) is 31.0 Å². The van der Waals surface area contributed by atoms with E-state index in [-0.39, 0.29) is 5.97 Å². The molecule has 1 N–H and O–H groups in total. The van der Waals surface area contributed by atoms with Crippen LogP contribution in [0.4, 0.5) is 0 Å². The standard InChI is InChI=1S/C12H13NO2/c1-7-4-8(2)11-9(12(14)15-3)6-13-10(11)5-7/h4-6,13H,1-3H3. The average molecular weight is 203 g/mol. The second-order valence-electron chi connectivity index (χ2n) is 3.70. The summed E-state index contributed by atoms with van der Waals surface area (Å²) in [5.41, 5.74) is 3.85. The molecule has 3 heteroatoms. The van der Waals surface area contributed by atoms with Crippen molar-refractivity contribution in [3.8, 4) is 0 Å². The summed E-state index contributed by atoms with van der Waals surface area (Å²) in [4.78, 5) is 14.6. The van der Waals surface area contributed by atoms with E-state index < -0.39 is 0 Å². The van der Waals surface area contributed by atoms with Crippen molar-refractivity contribution in [2.75, 3.05) is 7.11 Å². The maximum absolute atomic E-state index is 11.5. The largest absolute Gasteiger partial charge is 0.465 e. The van der Waals surface area contributed by atoms with Gasteiger partial charge in [-0.25, -0.2) is 4.79 Å². The summed E-state index contributed by atoms with van der Waals surface area (Å²) in [6.07, 6.45) is 1.70. The van der Waals surface area contributed by atoms with Gasteiger partial charge in [-0.15, -0.1) is 0 Å². The summed E-state index contributed by atoms with van der Waals surface area (Å²) < 4.78 is 4.73. The van der Waals surface area contributed by atoms with Crippen LogP contribution in [0, 0.1) is 13.8 Å². The van der Waals surface area contributed by atoms with Crippen LogP contribution < -0.4 is 0 Å². The van der Waals surface area contributed by atoms with E-state index in [9.17, 15) is 4.79 Å². The number of esters is 1. The number of aromatic nitrogens is 1. The lowest BCUT2D eigenvalue weighted by molar-refractivity contribution is 0.0603. The highest BCUT2D eigenvalue weighted by Gasteiger charge is 2.13. The van der Waals surface area contributed by atoms with Crippen molar-refractivity contribution in [1.82, 2.24) is 4.98 Å². The van der Waals surface area contributed by atoms with Crippen LogP contribution in [0.2, 0.25) is 0 Å². The van der Waals surface area contributed by atoms with Crippen molar-refractivity contribution in [3.63, 3.8) is 0 Å². The normalized spacial score (nSPS) is 10.6. The van der Waals surface area contributed by atoms with Gasteiger partial charge in [-0.1, -0.05) is 6.07 Å². The number of carbonyl (C=O) groups excluding carboxylic acids is 1. The highest BCUT2D eigenvalue weighted by Crippen LogP contribution is 2.24. The topological polar surface area (TPSA) is 42.1 Å². The molecule has 78 valence electrons. The zero-order valence-corrected chi connectivity index (χ0v) is 9.05. The van der Waals surface area contributed by atoms with Gasteiger partial charge in [0.2, 0.25) is 0 Å². The first-order valence-electron chi connectivity index (χ1n) is 4.80. The number of H-pyrrole nitrogens is 1. The first-order valence-corrected chi connectivity index (χ1v) is 4.80. The summed E-state index contributed by atoms with van der Waals surface area (Å²) in [5, 5.41) is 0.951. The van der Waals surface area contributed by atoms with Crippen LogP contribution in [-0.4, -0.2) is 18.1 Å². The maximum Gasteiger partial charge on any atom is 0.340 e. The van der Waals surface area contributed by atoms with Gasteiger partial charge in [-0.2, -0.15) is 0 Å². The minimum absolute atomic E-state index is 0.298. The number of carbonyl (C=O) groups is 1. The molecule has 0 atom stereocenters. The molecule has 0 aliphatic carbocycles. The van der Waals surface area contributed by atoms with E-state index >= 15 is 0 Å². The maximum atomic E-state index is 11.5. The number of hydrogen-bond donors (Lipinski definition) is 1. The van der Waals surface area contributed by atoms with E-state index in [0.717, 1.165) is 16.5 Å². The Bertz CT molecular complexity index is 526. The molecule has 1 aromatic heterocycles. The number of methoxy groups -OCH3 is 1. The van der Waals surface area contributed by atoms with Gasteiger partial charge in [-0.3, -0.25) is 0 Å². The Morgan fingerprint density at radius 3 is 2.73 bits per heavy atom. The number of ether oxygens (including phenoxy) is 1. The Kier molecular flexibility index (Phi) is 2.23. The molecule has 0 bridgehead atoms. The molecule has 0 aliphatic rings. The number of benzene rings is 1. The van der Waals surface area contributed by atoms with Gasteiger partial charge in [0, 0.05) is 17.1 Å². The van der Waals surface area contributed by atoms with Crippen LogP contribution in [0.3, 0.4) is 0 Å². The molecule has 15 heavy (non-hydrogen) atoms. The number of hydrogen-bond acceptors (Lipinski definition) is 2.